The number of alkyl halides is 3. The molecule has 0 unspecified atom stereocenters. The van der Waals surface area contributed by atoms with Crippen molar-refractivity contribution in [1.82, 2.24) is 20.4 Å². The summed E-state index contributed by atoms with van der Waals surface area (Å²) in [7, 11) is 0. The Balaban J connectivity index is 1.65. The number of rotatable bonds is 2. The molecule has 2 aliphatic rings. The van der Waals surface area contributed by atoms with E-state index in [1.165, 1.54) is 11.0 Å². The van der Waals surface area contributed by atoms with Gasteiger partial charge in [-0.3, -0.25) is 9.59 Å². The van der Waals surface area contributed by atoms with Gasteiger partial charge >= 0.3 is 12.1 Å². The van der Waals surface area contributed by atoms with Crippen molar-refractivity contribution in [1.29, 1.82) is 0 Å². The normalized spacial score (nSPS) is 21.6. The van der Waals surface area contributed by atoms with Crippen molar-refractivity contribution in [3.8, 4) is 17.1 Å². The van der Waals surface area contributed by atoms with Gasteiger partial charge in [0.1, 0.15) is 24.1 Å². The highest BCUT2D eigenvalue weighted by Crippen LogP contribution is 2.35. The monoisotopic (exact) mass is 428 g/mol. The van der Waals surface area contributed by atoms with Gasteiger partial charge in [0, 0.05) is 17.7 Å². The van der Waals surface area contributed by atoms with Crippen LogP contribution in [0.5, 0.6) is 5.75 Å². The van der Waals surface area contributed by atoms with Gasteiger partial charge in [-0.05, 0) is 25.5 Å². The summed E-state index contributed by atoms with van der Waals surface area (Å²) < 4.78 is 62.7. The number of carbonyl (C=O) groups is 2. The molecule has 30 heavy (non-hydrogen) atoms. The summed E-state index contributed by atoms with van der Waals surface area (Å²) >= 11 is 0. The average molecular weight is 428 g/mol. The maximum Gasteiger partial charge on any atom is 0.471 e. The molecule has 0 spiro atoms. The molecule has 0 aliphatic carbocycles. The molecule has 2 aliphatic heterocycles. The molecule has 2 aromatic rings. The molecular formula is C18H16F4N4O4. The zero-order valence-electron chi connectivity index (χ0n) is 15.6. The van der Waals surface area contributed by atoms with E-state index in [0.717, 1.165) is 6.07 Å². The van der Waals surface area contributed by atoms with Gasteiger partial charge in [0.05, 0.1) is 12.6 Å². The number of carbonyl (C=O) groups excluding carboxylic acids is 2. The third-order valence-corrected chi connectivity index (χ3v) is 5.05. The fourth-order valence-corrected chi connectivity index (χ4v) is 3.43. The lowest BCUT2D eigenvalue weighted by Crippen LogP contribution is -2.45. The van der Waals surface area contributed by atoms with E-state index in [9.17, 15) is 27.2 Å². The van der Waals surface area contributed by atoms with Crippen molar-refractivity contribution < 1.29 is 36.4 Å². The van der Waals surface area contributed by atoms with Gasteiger partial charge < -0.3 is 19.5 Å². The summed E-state index contributed by atoms with van der Waals surface area (Å²) in [6.07, 6.45) is -4.47. The van der Waals surface area contributed by atoms with Gasteiger partial charge in [-0.25, -0.2) is 4.39 Å². The van der Waals surface area contributed by atoms with Gasteiger partial charge in [0.25, 0.3) is 0 Å². The van der Waals surface area contributed by atoms with E-state index >= 15 is 0 Å². The van der Waals surface area contributed by atoms with Crippen LogP contribution in [0, 0.1) is 11.7 Å². The Hall–Kier alpha value is -3.18. The third kappa shape index (κ3) is 3.57. The number of amides is 2. The molecule has 2 atom stereocenters. The van der Waals surface area contributed by atoms with Crippen molar-refractivity contribution in [2.75, 3.05) is 13.2 Å². The molecule has 4 rings (SSSR count). The predicted octanol–water partition coefficient (Wildman–Crippen LogP) is 2.14. The SMILES string of the molecule is C[C@H]1COc2cc(-c3noc(C(F)(F)F)n3)cc(F)c2CN1C(=O)[C@@H]1CCNC1=O. The van der Waals surface area contributed by atoms with E-state index < -0.39 is 41.6 Å². The maximum atomic E-state index is 14.9. The van der Waals surface area contributed by atoms with Crippen LogP contribution in [0.4, 0.5) is 17.6 Å². The van der Waals surface area contributed by atoms with Crippen LogP contribution in [0.2, 0.25) is 0 Å². The second kappa shape index (κ2) is 7.26. The van der Waals surface area contributed by atoms with Gasteiger partial charge in [0.2, 0.25) is 17.6 Å². The Bertz CT molecular complexity index is 1010. The summed E-state index contributed by atoms with van der Waals surface area (Å²) in [5.41, 5.74) is -0.0116. The second-order valence-corrected chi connectivity index (χ2v) is 7.11. The molecule has 0 bridgehead atoms. The van der Waals surface area contributed by atoms with Crippen molar-refractivity contribution in [2.45, 2.75) is 32.1 Å². The molecule has 1 aromatic carbocycles. The minimum absolute atomic E-state index is 0.00994. The zero-order chi connectivity index (χ0) is 21.6. The van der Waals surface area contributed by atoms with E-state index in [1.54, 1.807) is 6.92 Å². The van der Waals surface area contributed by atoms with Crippen molar-refractivity contribution >= 4 is 11.8 Å². The number of nitrogens with zero attached hydrogens (tertiary/aromatic N) is 3. The fourth-order valence-electron chi connectivity index (χ4n) is 3.43. The third-order valence-electron chi connectivity index (χ3n) is 5.05. The van der Waals surface area contributed by atoms with Crippen LogP contribution in [-0.4, -0.2) is 46.0 Å². The molecule has 0 saturated carbocycles. The van der Waals surface area contributed by atoms with Gasteiger partial charge in [-0.15, -0.1) is 0 Å². The van der Waals surface area contributed by atoms with Crippen molar-refractivity contribution in [3.63, 3.8) is 0 Å². The highest BCUT2D eigenvalue weighted by Gasteiger charge is 2.39. The smallest absolute Gasteiger partial charge is 0.471 e. The molecule has 12 heteroatoms. The molecule has 1 aromatic heterocycles. The molecule has 1 fully saturated rings. The fraction of sp³-hybridized carbons (Fsp3) is 0.444. The van der Waals surface area contributed by atoms with E-state index in [0.29, 0.717) is 13.0 Å². The molecule has 2 amide bonds. The summed E-state index contributed by atoms with van der Waals surface area (Å²) in [4.78, 5) is 29.3. The topological polar surface area (TPSA) is 97.6 Å². The molecular weight excluding hydrogens is 412 g/mol. The zero-order valence-corrected chi connectivity index (χ0v) is 15.6. The van der Waals surface area contributed by atoms with Crippen LogP contribution >= 0.6 is 0 Å². The summed E-state index contributed by atoms with van der Waals surface area (Å²) in [5.74, 6) is -4.37. The highest BCUT2D eigenvalue weighted by atomic mass is 19.4. The van der Waals surface area contributed by atoms with E-state index in [4.69, 9.17) is 4.74 Å². The molecule has 160 valence electrons. The first-order chi connectivity index (χ1) is 14.1. The Morgan fingerprint density at radius 3 is 2.73 bits per heavy atom. The molecule has 0 radical (unpaired) electrons. The molecule has 1 N–H and O–H groups in total. The van der Waals surface area contributed by atoms with E-state index in [-0.39, 0.29) is 35.9 Å². The first-order valence-corrected chi connectivity index (χ1v) is 9.10. The van der Waals surface area contributed by atoms with Crippen LogP contribution in [0.1, 0.15) is 24.8 Å². The first-order valence-electron chi connectivity index (χ1n) is 9.10. The lowest BCUT2D eigenvalue weighted by molar-refractivity contribution is -0.159. The van der Waals surface area contributed by atoms with Gasteiger partial charge in [0.15, 0.2) is 0 Å². The second-order valence-electron chi connectivity index (χ2n) is 7.11. The number of fused-ring (bicyclic) bond motifs is 1. The quantitative estimate of drug-likeness (QED) is 0.582. The van der Waals surface area contributed by atoms with Gasteiger partial charge in [-0.2, -0.15) is 18.2 Å². The molecule has 1 saturated heterocycles. The summed E-state index contributed by atoms with van der Waals surface area (Å²) in [5, 5.41) is 5.84. The van der Waals surface area contributed by atoms with Crippen molar-refractivity contribution in [3.05, 3.63) is 29.4 Å². The number of hydrogen-bond donors (Lipinski definition) is 1. The Morgan fingerprint density at radius 2 is 2.10 bits per heavy atom. The Morgan fingerprint density at radius 1 is 1.33 bits per heavy atom. The number of ether oxygens (including phenoxy) is 1. The summed E-state index contributed by atoms with van der Waals surface area (Å²) in [6.45, 7) is 1.96. The van der Waals surface area contributed by atoms with Crippen molar-refractivity contribution in [2.24, 2.45) is 5.92 Å². The predicted molar refractivity (Wildman–Crippen MR) is 91.3 cm³/mol. The minimum atomic E-state index is -4.82. The Labute approximate surface area is 167 Å². The molecule has 3 heterocycles. The van der Waals surface area contributed by atoms with Crippen LogP contribution < -0.4 is 10.1 Å². The van der Waals surface area contributed by atoms with Gasteiger partial charge in [-0.1, -0.05) is 5.16 Å². The lowest BCUT2D eigenvalue weighted by Gasteiger charge is -2.28. The maximum absolute atomic E-state index is 14.9. The first kappa shape index (κ1) is 20.1. The van der Waals surface area contributed by atoms with E-state index in [2.05, 4.69) is 20.0 Å². The number of hydrogen-bond acceptors (Lipinski definition) is 6. The number of halogens is 4. The lowest BCUT2D eigenvalue weighted by atomic mass is 10.0. The Kier molecular flexibility index (Phi) is 4.86. The van der Waals surface area contributed by atoms with Crippen LogP contribution in [-0.2, 0) is 22.3 Å². The minimum Gasteiger partial charge on any atom is -0.491 e. The number of nitrogens with one attached hydrogen (secondary N) is 1. The van der Waals surface area contributed by atoms with Crippen LogP contribution in [0.25, 0.3) is 11.4 Å². The number of aromatic nitrogens is 2. The van der Waals surface area contributed by atoms with E-state index in [1.807, 2.05) is 0 Å². The average Bonchev–Trinajstić information content (AvgIpc) is 3.30. The van der Waals surface area contributed by atoms with Crippen LogP contribution in [0.3, 0.4) is 0 Å². The van der Waals surface area contributed by atoms with Crippen LogP contribution in [0.15, 0.2) is 16.7 Å². The standard InChI is InChI=1S/C18H16F4N4O4/c1-8-7-29-13-5-9(14-24-17(30-25-14)18(20,21)22)4-12(19)11(13)6-26(8)16(28)10-2-3-23-15(10)27/h4-5,8,10H,2-3,6-7H2,1H3,(H,23,27)/t8-,10+/m0/s1. The summed E-state index contributed by atoms with van der Waals surface area (Å²) in [6, 6.07) is 1.80. The largest absolute Gasteiger partial charge is 0.491 e. The number of benzene rings is 1. The highest BCUT2D eigenvalue weighted by molar-refractivity contribution is 6.01. The molecule has 8 nitrogen and oxygen atoms in total.